The number of ether oxygens (including phenoxy) is 1. The maximum atomic E-state index is 5.56. The number of aliphatic imine (C=N–C) groups is 1. The first kappa shape index (κ1) is 22.7. The lowest BCUT2D eigenvalue weighted by molar-refractivity contribution is 0.0782. The van der Waals surface area contributed by atoms with E-state index in [0.717, 1.165) is 49.6 Å². The predicted octanol–water partition coefficient (Wildman–Crippen LogP) is 3.75. The van der Waals surface area contributed by atoms with Gasteiger partial charge in [-0.3, -0.25) is 4.99 Å². The molecule has 0 aromatic heterocycles. The van der Waals surface area contributed by atoms with E-state index in [9.17, 15) is 0 Å². The molecule has 4 nitrogen and oxygen atoms in total. The average molecular weight is 488 g/mol. The van der Waals surface area contributed by atoms with Crippen molar-refractivity contribution in [3.8, 4) is 0 Å². The monoisotopic (exact) mass is 487 g/mol. The SMILES string of the molecule is CCSC1CCC(NC(=NC)NCC2(SCC)CCOCC2)C1.I. The Balaban J connectivity index is 0.00000288. The van der Waals surface area contributed by atoms with Gasteiger partial charge in [0.05, 0.1) is 0 Å². The van der Waals surface area contributed by atoms with Crippen molar-refractivity contribution >= 4 is 53.5 Å². The van der Waals surface area contributed by atoms with E-state index < -0.39 is 0 Å². The molecular formula is C17H34IN3OS2. The highest BCUT2D eigenvalue weighted by atomic mass is 127. The van der Waals surface area contributed by atoms with Crippen LogP contribution in [0.3, 0.4) is 0 Å². The number of thioether (sulfide) groups is 2. The summed E-state index contributed by atoms with van der Waals surface area (Å²) in [7, 11) is 1.88. The van der Waals surface area contributed by atoms with Gasteiger partial charge in [-0.15, -0.1) is 24.0 Å². The largest absolute Gasteiger partial charge is 0.381 e. The van der Waals surface area contributed by atoms with Gasteiger partial charge in [0.1, 0.15) is 0 Å². The van der Waals surface area contributed by atoms with Crippen molar-refractivity contribution in [2.45, 2.75) is 62.0 Å². The highest BCUT2D eigenvalue weighted by molar-refractivity contribution is 14.0. The summed E-state index contributed by atoms with van der Waals surface area (Å²) in [6, 6.07) is 0.578. The first-order valence-electron chi connectivity index (χ1n) is 9.02. The zero-order valence-electron chi connectivity index (χ0n) is 15.3. The summed E-state index contributed by atoms with van der Waals surface area (Å²) in [4.78, 5) is 4.45. The van der Waals surface area contributed by atoms with Gasteiger partial charge in [-0.05, 0) is 43.6 Å². The van der Waals surface area contributed by atoms with E-state index in [1.54, 1.807) is 0 Å². The van der Waals surface area contributed by atoms with Crippen LogP contribution in [-0.2, 0) is 4.74 Å². The zero-order chi connectivity index (χ0) is 16.5. The van der Waals surface area contributed by atoms with Crippen LogP contribution < -0.4 is 10.6 Å². The molecule has 1 aliphatic heterocycles. The topological polar surface area (TPSA) is 45.7 Å². The minimum Gasteiger partial charge on any atom is -0.381 e. The first-order chi connectivity index (χ1) is 11.2. The Hall–Kier alpha value is 0.660. The molecule has 2 atom stereocenters. The summed E-state index contributed by atoms with van der Waals surface area (Å²) in [6.45, 7) is 7.26. The fourth-order valence-corrected chi connectivity index (χ4v) is 5.90. The third-order valence-electron chi connectivity index (χ3n) is 4.78. The molecule has 0 spiro atoms. The third-order valence-corrected chi connectivity index (χ3v) is 7.47. The van der Waals surface area contributed by atoms with Crippen LogP contribution in [0.4, 0.5) is 0 Å². The van der Waals surface area contributed by atoms with Crippen LogP contribution in [0.5, 0.6) is 0 Å². The molecule has 1 saturated heterocycles. The van der Waals surface area contributed by atoms with Gasteiger partial charge >= 0.3 is 0 Å². The molecule has 2 N–H and O–H groups in total. The molecule has 0 bridgehead atoms. The van der Waals surface area contributed by atoms with Crippen LogP contribution in [0.2, 0.25) is 0 Å². The van der Waals surface area contributed by atoms with Gasteiger partial charge in [-0.1, -0.05) is 13.8 Å². The first-order valence-corrected chi connectivity index (χ1v) is 11.0. The van der Waals surface area contributed by atoms with E-state index in [1.807, 2.05) is 7.05 Å². The molecule has 2 aliphatic rings. The maximum absolute atomic E-state index is 5.56. The van der Waals surface area contributed by atoms with E-state index in [0.29, 0.717) is 10.8 Å². The Kier molecular flexibility index (Phi) is 11.5. The van der Waals surface area contributed by atoms with Crippen molar-refractivity contribution in [1.82, 2.24) is 10.6 Å². The Bertz CT molecular complexity index is 373. The van der Waals surface area contributed by atoms with E-state index >= 15 is 0 Å². The fraction of sp³-hybridized carbons (Fsp3) is 0.941. The van der Waals surface area contributed by atoms with Crippen LogP contribution >= 0.6 is 47.5 Å². The highest BCUT2D eigenvalue weighted by Gasteiger charge is 2.33. The van der Waals surface area contributed by atoms with E-state index in [1.165, 1.54) is 25.0 Å². The highest BCUT2D eigenvalue weighted by Crippen LogP contribution is 2.35. The molecule has 2 unspecified atom stereocenters. The van der Waals surface area contributed by atoms with Crippen LogP contribution in [0.25, 0.3) is 0 Å². The second-order valence-corrected chi connectivity index (χ2v) is 9.70. The summed E-state index contributed by atoms with van der Waals surface area (Å²) < 4.78 is 5.86. The Morgan fingerprint density at radius 2 is 1.96 bits per heavy atom. The van der Waals surface area contributed by atoms with Crippen LogP contribution in [0.15, 0.2) is 4.99 Å². The zero-order valence-corrected chi connectivity index (χ0v) is 19.3. The van der Waals surface area contributed by atoms with Crippen molar-refractivity contribution in [2.24, 2.45) is 4.99 Å². The number of nitrogens with zero attached hydrogens (tertiary/aromatic N) is 1. The average Bonchev–Trinajstić information content (AvgIpc) is 3.00. The van der Waals surface area contributed by atoms with Crippen LogP contribution in [0.1, 0.15) is 46.0 Å². The Labute approximate surface area is 173 Å². The molecule has 0 radical (unpaired) electrons. The van der Waals surface area contributed by atoms with Crippen molar-refractivity contribution in [3.05, 3.63) is 0 Å². The number of nitrogens with one attached hydrogen (secondary N) is 2. The third kappa shape index (κ3) is 7.11. The second kappa shape index (κ2) is 12.1. The van der Waals surface area contributed by atoms with Gasteiger partial charge in [-0.25, -0.2) is 0 Å². The molecule has 2 fully saturated rings. The quantitative estimate of drug-likeness (QED) is 0.326. The molecule has 7 heteroatoms. The van der Waals surface area contributed by atoms with Gasteiger partial charge in [-0.2, -0.15) is 23.5 Å². The Morgan fingerprint density at radius 1 is 1.21 bits per heavy atom. The minimum absolute atomic E-state index is 0. The molecule has 0 amide bonds. The van der Waals surface area contributed by atoms with Gasteiger partial charge in [0, 0.05) is 42.8 Å². The van der Waals surface area contributed by atoms with Crippen molar-refractivity contribution < 1.29 is 4.74 Å². The summed E-state index contributed by atoms with van der Waals surface area (Å²) in [5, 5.41) is 8.06. The lowest BCUT2D eigenvalue weighted by Gasteiger charge is -2.37. The summed E-state index contributed by atoms with van der Waals surface area (Å²) in [5.41, 5.74) is 0. The predicted molar refractivity (Wildman–Crippen MR) is 120 cm³/mol. The number of rotatable bonds is 7. The van der Waals surface area contributed by atoms with Gasteiger partial charge in [0.25, 0.3) is 0 Å². The lowest BCUT2D eigenvalue weighted by Crippen LogP contribution is -2.49. The molecule has 1 aliphatic carbocycles. The van der Waals surface area contributed by atoms with E-state index in [-0.39, 0.29) is 24.0 Å². The maximum Gasteiger partial charge on any atom is 0.191 e. The smallest absolute Gasteiger partial charge is 0.191 e. The summed E-state index contributed by atoms with van der Waals surface area (Å²) >= 11 is 4.18. The van der Waals surface area contributed by atoms with Crippen molar-refractivity contribution in [3.63, 3.8) is 0 Å². The second-order valence-electron chi connectivity index (χ2n) is 6.39. The number of guanidine groups is 1. The lowest BCUT2D eigenvalue weighted by atomic mass is 9.99. The molecule has 142 valence electrons. The molecule has 0 aromatic carbocycles. The Morgan fingerprint density at radius 3 is 2.58 bits per heavy atom. The van der Waals surface area contributed by atoms with Gasteiger partial charge < -0.3 is 15.4 Å². The number of hydrogen-bond acceptors (Lipinski definition) is 4. The van der Waals surface area contributed by atoms with Crippen molar-refractivity contribution in [1.29, 1.82) is 0 Å². The molecule has 1 heterocycles. The number of hydrogen-bond donors (Lipinski definition) is 2. The fourth-order valence-electron chi connectivity index (χ4n) is 3.51. The van der Waals surface area contributed by atoms with Crippen LogP contribution in [-0.4, -0.2) is 60.3 Å². The summed E-state index contributed by atoms with van der Waals surface area (Å²) in [6.07, 6.45) is 6.13. The molecule has 2 rings (SSSR count). The minimum atomic E-state index is 0. The van der Waals surface area contributed by atoms with E-state index in [4.69, 9.17) is 4.74 Å². The molecular weight excluding hydrogens is 453 g/mol. The number of halogens is 1. The van der Waals surface area contributed by atoms with Crippen molar-refractivity contribution in [2.75, 3.05) is 38.3 Å². The summed E-state index contributed by atoms with van der Waals surface area (Å²) in [5.74, 6) is 3.36. The van der Waals surface area contributed by atoms with Crippen LogP contribution in [0, 0.1) is 0 Å². The normalized spacial score (nSPS) is 26.7. The molecule has 0 aromatic rings. The van der Waals surface area contributed by atoms with E-state index in [2.05, 4.69) is 53.0 Å². The molecule has 24 heavy (non-hydrogen) atoms. The molecule has 1 saturated carbocycles. The standard InChI is InChI=1S/C17H33N3OS2.HI/c1-4-22-15-7-6-14(12-15)20-16(18-3)19-13-17(23-5-2)8-10-21-11-9-17;/h14-15H,4-13H2,1-3H3,(H2,18,19,20);1H. The van der Waals surface area contributed by atoms with Gasteiger partial charge in [0.2, 0.25) is 0 Å². The van der Waals surface area contributed by atoms with Gasteiger partial charge in [0.15, 0.2) is 5.96 Å².